The third kappa shape index (κ3) is 47.8. The molecule has 2 atom stereocenters. The first-order valence-corrected chi connectivity index (χ1v) is 27.3. The van der Waals surface area contributed by atoms with Gasteiger partial charge in [-0.25, -0.2) is 4.57 Å². The Bertz CT molecular complexity index is 1050. The minimum atomic E-state index is -4.38. The van der Waals surface area contributed by atoms with Crippen molar-refractivity contribution in [3.63, 3.8) is 0 Å². The topological polar surface area (TPSA) is 134 Å². The van der Waals surface area contributed by atoms with E-state index in [4.69, 9.17) is 24.3 Å². The summed E-state index contributed by atoms with van der Waals surface area (Å²) in [5, 5.41) is 0. The summed E-state index contributed by atoms with van der Waals surface area (Å²) < 4.78 is 32.9. The minimum Gasteiger partial charge on any atom is -0.462 e. The summed E-state index contributed by atoms with van der Waals surface area (Å²) in [6.07, 6.45) is 53.6. The van der Waals surface area contributed by atoms with Crippen LogP contribution in [0.4, 0.5) is 0 Å². The lowest BCUT2D eigenvalue weighted by Crippen LogP contribution is -2.29. The Morgan fingerprint density at radius 3 is 1.28 bits per heavy atom. The fourth-order valence-corrected chi connectivity index (χ4v) is 8.26. The van der Waals surface area contributed by atoms with E-state index in [2.05, 4.69) is 38.2 Å². The maximum Gasteiger partial charge on any atom is 0.472 e. The predicted molar refractivity (Wildman–Crippen MR) is 257 cm³/mol. The van der Waals surface area contributed by atoms with Gasteiger partial charge in [0.15, 0.2) is 6.10 Å². The van der Waals surface area contributed by atoms with Crippen LogP contribution in [0.1, 0.15) is 258 Å². The second-order valence-electron chi connectivity index (χ2n) is 17.4. The van der Waals surface area contributed by atoms with Crippen molar-refractivity contribution in [2.45, 2.75) is 264 Å². The number of carbonyl (C=O) groups is 2. The van der Waals surface area contributed by atoms with Crippen LogP contribution in [0.3, 0.4) is 0 Å². The Hall–Kier alpha value is -1.51. The molecule has 0 aromatic carbocycles. The molecule has 3 N–H and O–H groups in total. The largest absolute Gasteiger partial charge is 0.472 e. The highest BCUT2D eigenvalue weighted by Crippen LogP contribution is 2.43. The molecule has 0 bridgehead atoms. The van der Waals surface area contributed by atoms with Gasteiger partial charge in [-0.2, -0.15) is 0 Å². The van der Waals surface area contributed by atoms with Crippen LogP contribution < -0.4 is 5.73 Å². The van der Waals surface area contributed by atoms with Crippen LogP contribution in [0.15, 0.2) is 24.3 Å². The maximum atomic E-state index is 12.6. The molecule has 0 aromatic heterocycles. The number of phosphoric ester groups is 1. The van der Waals surface area contributed by atoms with Crippen molar-refractivity contribution in [2.75, 3.05) is 26.4 Å². The molecule has 61 heavy (non-hydrogen) atoms. The van der Waals surface area contributed by atoms with Gasteiger partial charge < -0.3 is 20.1 Å². The zero-order valence-electron chi connectivity index (χ0n) is 39.9. The highest BCUT2D eigenvalue weighted by Gasteiger charge is 2.26. The number of allylic oxidation sites excluding steroid dienone is 4. The summed E-state index contributed by atoms with van der Waals surface area (Å²) in [5.41, 5.74) is 5.37. The molecule has 0 amide bonds. The molecule has 0 fully saturated rings. The summed E-state index contributed by atoms with van der Waals surface area (Å²) in [6.45, 7) is 3.75. The van der Waals surface area contributed by atoms with E-state index in [0.717, 1.165) is 51.4 Å². The first-order chi connectivity index (χ1) is 29.8. The second kappa shape index (κ2) is 48.0. The molecule has 0 radical (unpaired) electrons. The van der Waals surface area contributed by atoms with Gasteiger partial charge in [0.05, 0.1) is 13.2 Å². The first-order valence-electron chi connectivity index (χ1n) is 25.8. The van der Waals surface area contributed by atoms with Gasteiger partial charge in [0.2, 0.25) is 0 Å². The van der Waals surface area contributed by atoms with E-state index in [1.807, 2.05) is 0 Å². The molecule has 9 nitrogen and oxygen atoms in total. The number of phosphoric acid groups is 1. The quantitative estimate of drug-likeness (QED) is 0.0265. The molecule has 0 aliphatic heterocycles. The van der Waals surface area contributed by atoms with E-state index in [-0.39, 0.29) is 38.6 Å². The molecule has 0 saturated heterocycles. The number of hydrogen-bond acceptors (Lipinski definition) is 8. The van der Waals surface area contributed by atoms with E-state index in [1.54, 1.807) is 0 Å². The highest BCUT2D eigenvalue weighted by molar-refractivity contribution is 7.47. The van der Waals surface area contributed by atoms with Crippen LogP contribution in [0.2, 0.25) is 0 Å². The standard InChI is InChI=1S/C51H98NO8P/c1-3-5-7-9-11-13-15-17-19-21-23-24-26-27-29-31-33-35-37-39-41-43-50(53)57-47-49(48-59-61(55,56)58-46-45-52)60-51(54)44-42-40-38-36-34-32-30-28-25-22-20-18-16-14-12-10-8-6-4-2/h12,14,18,20,49H,3-11,13,15-17,19,21-48,52H2,1-2H3,(H,55,56)/b14-12+,20-18+/t49-/m1/s1. The number of carbonyl (C=O) groups excluding carboxylic acids is 2. The first kappa shape index (κ1) is 59.5. The summed E-state index contributed by atoms with van der Waals surface area (Å²) in [4.78, 5) is 35.1. The molecule has 0 saturated carbocycles. The fourth-order valence-electron chi connectivity index (χ4n) is 7.49. The van der Waals surface area contributed by atoms with Crippen LogP contribution in [0.5, 0.6) is 0 Å². The van der Waals surface area contributed by atoms with Gasteiger partial charge >= 0.3 is 19.8 Å². The Balaban J connectivity index is 4.01. The van der Waals surface area contributed by atoms with Crippen LogP contribution in [-0.4, -0.2) is 49.3 Å². The van der Waals surface area contributed by atoms with Crippen LogP contribution >= 0.6 is 7.82 Å². The van der Waals surface area contributed by atoms with Crippen molar-refractivity contribution in [2.24, 2.45) is 5.73 Å². The number of unbranched alkanes of at least 4 members (excludes halogenated alkanes) is 32. The van der Waals surface area contributed by atoms with Crippen molar-refractivity contribution >= 4 is 19.8 Å². The molecule has 0 aromatic rings. The van der Waals surface area contributed by atoms with Crippen LogP contribution in [-0.2, 0) is 32.7 Å². The van der Waals surface area contributed by atoms with Crippen LogP contribution in [0.25, 0.3) is 0 Å². The molecule has 360 valence electrons. The van der Waals surface area contributed by atoms with Crippen molar-refractivity contribution < 1.29 is 37.6 Å². The Morgan fingerprint density at radius 2 is 0.852 bits per heavy atom. The normalized spacial score (nSPS) is 13.3. The lowest BCUT2D eigenvalue weighted by Gasteiger charge is -2.19. The fraction of sp³-hybridized carbons (Fsp3) is 0.882. The Labute approximate surface area is 376 Å². The number of nitrogens with two attached hydrogens (primary N) is 1. The van der Waals surface area contributed by atoms with Crippen molar-refractivity contribution in [3.05, 3.63) is 24.3 Å². The zero-order chi connectivity index (χ0) is 44.6. The smallest absolute Gasteiger partial charge is 0.462 e. The summed E-state index contributed by atoms with van der Waals surface area (Å²) in [7, 11) is -4.38. The second-order valence-corrected chi connectivity index (χ2v) is 18.9. The maximum absolute atomic E-state index is 12.6. The van der Waals surface area contributed by atoms with Gasteiger partial charge in [-0.3, -0.25) is 18.6 Å². The van der Waals surface area contributed by atoms with Gasteiger partial charge in [0, 0.05) is 19.4 Å². The number of esters is 2. The molecule has 1 unspecified atom stereocenters. The van der Waals surface area contributed by atoms with E-state index in [0.29, 0.717) is 6.42 Å². The third-order valence-electron chi connectivity index (χ3n) is 11.3. The third-order valence-corrected chi connectivity index (χ3v) is 12.3. The predicted octanol–water partition coefficient (Wildman–Crippen LogP) is 15.5. The Morgan fingerprint density at radius 1 is 0.492 bits per heavy atom. The molecule has 0 aliphatic rings. The number of ether oxygens (including phenoxy) is 2. The van der Waals surface area contributed by atoms with Gasteiger partial charge in [-0.05, 0) is 44.9 Å². The van der Waals surface area contributed by atoms with Gasteiger partial charge in [-0.1, -0.05) is 224 Å². The summed E-state index contributed by atoms with van der Waals surface area (Å²) >= 11 is 0. The zero-order valence-corrected chi connectivity index (χ0v) is 40.8. The minimum absolute atomic E-state index is 0.0546. The van der Waals surface area contributed by atoms with E-state index < -0.39 is 26.5 Å². The number of rotatable bonds is 49. The molecule has 10 heteroatoms. The highest BCUT2D eigenvalue weighted by atomic mass is 31.2. The Kier molecular flexibility index (Phi) is 46.8. The molecule has 0 spiro atoms. The molecule has 0 heterocycles. The van der Waals surface area contributed by atoms with Gasteiger partial charge in [0.25, 0.3) is 0 Å². The lowest BCUT2D eigenvalue weighted by atomic mass is 10.0. The van der Waals surface area contributed by atoms with E-state index in [1.165, 1.54) is 173 Å². The lowest BCUT2D eigenvalue weighted by molar-refractivity contribution is -0.161. The van der Waals surface area contributed by atoms with Gasteiger partial charge in [0.1, 0.15) is 6.61 Å². The summed E-state index contributed by atoms with van der Waals surface area (Å²) in [5.74, 6) is -0.819. The van der Waals surface area contributed by atoms with Crippen molar-refractivity contribution in [3.8, 4) is 0 Å². The SMILES string of the molecule is CCCCC/C=C/C/C=C/CCCCCCCCCCCC(=O)O[C@H](COC(=O)CCCCCCCCCCCCCCCCCCCCCCC)COP(=O)(O)OCCN. The number of hydrogen-bond donors (Lipinski definition) is 2. The van der Waals surface area contributed by atoms with Crippen molar-refractivity contribution in [1.29, 1.82) is 0 Å². The average Bonchev–Trinajstić information content (AvgIpc) is 3.25. The van der Waals surface area contributed by atoms with E-state index in [9.17, 15) is 19.0 Å². The summed E-state index contributed by atoms with van der Waals surface area (Å²) in [6, 6.07) is 0. The van der Waals surface area contributed by atoms with Crippen molar-refractivity contribution in [1.82, 2.24) is 0 Å². The molecule has 0 aliphatic carbocycles. The molecular weight excluding hydrogens is 786 g/mol. The van der Waals surface area contributed by atoms with Crippen LogP contribution in [0, 0.1) is 0 Å². The molecule has 0 rings (SSSR count). The monoisotopic (exact) mass is 884 g/mol. The average molecular weight is 884 g/mol. The van der Waals surface area contributed by atoms with E-state index >= 15 is 0 Å². The van der Waals surface area contributed by atoms with Gasteiger partial charge in [-0.15, -0.1) is 0 Å². The molecular formula is C51H98NO8P.